The largest absolute Gasteiger partial charge is 0.490 e. The van der Waals surface area contributed by atoms with E-state index in [2.05, 4.69) is 12.3 Å². The molecule has 1 aliphatic heterocycles. The molecule has 3 N–H and O–H groups in total. The summed E-state index contributed by atoms with van der Waals surface area (Å²) in [6.07, 6.45) is 2.12. The number of hydrogen-bond donors (Lipinski definition) is 2. The third-order valence-corrected chi connectivity index (χ3v) is 4.16. The first kappa shape index (κ1) is 15.0. The highest BCUT2D eigenvalue weighted by molar-refractivity contribution is 7.99. The van der Waals surface area contributed by atoms with Crippen molar-refractivity contribution in [1.29, 1.82) is 0 Å². The summed E-state index contributed by atoms with van der Waals surface area (Å²) in [6.45, 7) is 3.48. The van der Waals surface area contributed by atoms with Gasteiger partial charge in [0.2, 0.25) is 5.91 Å². The Morgan fingerprint density at radius 2 is 2.15 bits per heavy atom. The van der Waals surface area contributed by atoms with Gasteiger partial charge in [-0.05, 0) is 24.6 Å². The molecule has 1 atom stereocenters. The highest BCUT2D eigenvalue weighted by Crippen LogP contribution is 2.35. The Morgan fingerprint density at radius 3 is 2.90 bits per heavy atom. The first-order valence-electron chi connectivity index (χ1n) is 6.75. The standard InChI is InChI=1S/C14H20N2O3S/c1-10(3-6-14(17)16-15)20-11-4-5-12-13(9-11)19-8-2-7-18-12/h4-5,9-10H,2-3,6-8,15H2,1H3,(H,16,17). The van der Waals surface area contributed by atoms with Crippen molar-refractivity contribution in [1.82, 2.24) is 5.43 Å². The Labute approximate surface area is 123 Å². The number of fused-ring (bicyclic) bond motifs is 1. The Bertz CT molecular complexity index is 468. The lowest BCUT2D eigenvalue weighted by atomic mass is 10.2. The minimum absolute atomic E-state index is 0.129. The van der Waals surface area contributed by atoms with Gasteiger partial charge in [-0.2, -0.15) is 0 Å². The van der Waals surface area contributed by atoms with Crippen LogP contribution in [-0.4, -0.2) is 24.4 Å². The molecule has 0 saturated carbocycles. The SMILES string of the molecule is CC(CCC(=O)NN)Sc1ccc2c(c1)OCCCO2. The van der Waals surface area contributed by atoms with Crippen LogP contribution in [0.4, 0.5) is 0 Å². The predicted octanol–water partition coefficient (Wildman–Crippen LogP) is 2.10. The maximum atomic E-state index is 11.1. The zero-order chi connectivity index (χ0) is 14.4. The summed E-state index contributed by atoms with van der Waals surface area (Å²) in [6, 6.07) is 5.98. The maximum absolute atomic E-state index is 11.1. The summed E-state index contributed by atoms with van der Waals surface area (Å²) < 4.78 is 11.3. The Balaban J connectivity index is 1.92. The molecule has 2 rings (SSSR count). The molecule has 5 nitrogen and oxygen atoms in total. The third-order valence-electron chi connectivity index (χ3n) is 3.00. The lowest BCUT2D eigenvalue weighted by molar-refractivity contribution is -0.121. The van der Waals surface area contributed by atoms with Gasteiger partial charge in [-0.1, -0.05) is 6.92 Å². The van der Waals surface area contributed by atoms with Gasteiger partial charge in [0.15, 0.2) is 11.5 Å². The molecule has 0 aliphatic carbocycles. The van der Waals surface area contributed by atoms with Crippen LogP contribution < -0.4 is 20.7 Å². The summed E-state index contributed by atoms with van der Waals surface area (Å²) in [5.41, 5.74) is 2.15. The van der Waals surface area contributed by atoms with E-state index in [1.807, 2.05) is 18.2 Å². The van der Waals surface area contributed by atoms with Crippen molar-refractivity contribution >= 4 is 17.7 Å². The van der Waals surface area contributed by atoms with Gasteiger partial charge in [0.25, 0.3) is 0 Å². The average Bonchev–Trinajstić information content (AvgIpc) is 2.69. The van der Waals surface area contributed by atoms with Crippen molar-refractivity contribution in [2.24, 2.45) is 5.84 Å². The molecule has 0 spiro atoms. The van der Waals surface area contributed by atoms with E-state index in [1.54, 1.807) is 11.8 Å². The summed E-state index contributed by atoms with van der Waals surface area (Å²) in [7, 11) is 0. The summed E-state index contributed by atoms with van der Waals surface area (Å²) in [5, 5.41) is 0.331. The molecule has 0 aromatic heterocycles. The number of rotatable bonds is 5. The number of nitrogens with two attached hydrogens (primary N) is 1. The van der Waals surface area contributed by atoms with Gasteiger partial charge in [0.1, 0.15) is 0 Å². The fourth-order valence-corrected chi connectivity index (χ4v) is 2.94. The van der Waals surface area contributed by atoms with Crippen LogP contribution in [0, 0.1) is 0 Å². The molecule has 110 valence electrons. The van der Waals surface area contributed by atoms with Gasteiger partial charge in [-0.3, -0.25) is 10.2 Å². The fourth-order valence-electron chi connectivity index (χ4n) is 1.91. The fraction of sp³-hybridized carbons (Fsp3) is 0.500. The van der Waals surface area contributed by atoms with Crippen LogP contribution in [0.5, 0.6) is 11.5 Å². The third kappa shape index (κ3) is 4.31. The number of carbonyl (C=O) groups excluding carboxylic acids is 1. The number of hydrazine groups is 1. The van der Waals surface area contributed by atoms with E-state index >= 15 is 0 Å². The smallest absolute Gasteiger partial charge is 0.233 e. The van der Waals surface area contributed by atoms with Gasteiger partial charge < -0.3 is 9.47 Å². The van der Waals surface area contributed by atoms with E-state index < -0.39 is 0 Å². The Kier molecular flexibility index (Phi) is 5.55. The van der Waals surface area contributed by atoms with E-state index in [0.29, 0.717) is 24.9 Å². The van der Waals surface area contributed by atoms with E-state index in [0.717, 1.165) is 29.2 Å². The van der Waals surface area contributed by atoms with Gasteiger partial charge in [0.05, 0.1) is 13.2 Å². The van der Waals surface area contributed by atoms with Crippen molar-refractivity contribution in [3.8, 4) is 11.5 Å². The van der Waals surface area contributed by atoms with E-state index in [1.165, 1.54) is 0 Å². The number of benzene rings is 1. The number of hydrogen-bond acceptors (Lipinski definition) is 5. The Hall–Kier alpha value is -1.40. The molecule has 6 heteroatoms. The maximum Gasteiger partial charge on any atom is 0.233 e. The Morgan fingerprint density at radius 1 is 1.40 bits per heavy atom. The van der Waals surface area contributed by atoms with Crippen molar-refractivity contribution in [3.05, 3.63) is 18.2 Å². The normalized spacial score (nSPS) is 15.3. The second-order valence-electron chi connectivity index (χ2n) is 4.69. The van der Waals surface area contributed by atoms with Crippen LogP contribution in [0.15, 0.2) is 23.1 Å². The first-order chi connectivity index (χ1) is 9.69. The van der Waals surface area contributed by atoms with Crippen LogP contribution >= 0.6 is 11.8 Å². The second-order valence-corrected chi connectivity index (χ2v) is 6.21. The molecule has 20 heavy (non-hydrogen) atoms. The predicted molar refractivity (Wildman–Crippen MR) is 78.9 cm³/mol. The molecule has 1 aromatic carbocycles. The minimum atomic E-state index is -0.129. The highest BCUT2D eigenvalue weighted by atomic mass is 32.2. The zero-order valence-corrected chi connectivity index (χ0v) is 12.4. The van der Waals surface area contributed by atoms with Gasteiger partial charge in [0, 0.05) is 23.0 Å². The van der Waals surface area contributed by atoms with E-state index in [4.69, 9.17) is 15.3 Å². The van der Waals surface area contributed by atoms with Crippen LogP contribution in [0.2, 0.25) is 0 Å². The lowest BCUT2D eigenvalue weighted by Crippen LogP contribution is -2.30. The minimum Gasteiger partial charge on any atom is -0.490 e. The monoisotopic (exact) mass is 296 g/mol. The molecule has 0 saturated heterocycles. The molecule has 1 aliphatic rings. The number of carbonyl (C=O) groups is 1. The van der Waals surface area contributed by atoms with Crippen LogP contribution in [0.3, 0.4) is 0 Å². The molecular weight excluding hydrogens is 276 g/mol. The first-order valence-corrected chi connectivity index (χ1v) is 7.63. The molecule has 0 bridgehead atoms. The number of thioether (sulfide) groups is 1. The summed E-state index contributed by atoms with van der Waals surface area (Å²) in [4.78, 5) is 12.2. The molecule has 1 aromatic rings. The number of amides is 1. The lowest BCUT2D eigenvalue weighted by Gasteiger charge is -2.13. The number of nitrogens with one attached hydrogen (secondary N) is 1. The van der Waals surface area contributed by atoms with E-state index in [-0.39, 0.29) is 5.91 Å². The van der Waals surface area contributed by atoms with Crippen LogP contribution in [-0.2, 0) is 4.79 Å². The summed E-state index contributed by atoms with van der Waals surface area (Å²) >= 11 is 1.72. The molecule has 1 amide bonds. The number of ether oxygens (including phenoxy) is 2. The molecular formula is C14H20N2O3S. The zero-order valence-electron chi connectivity index (χ0n) is 11.6. The van der Waals surface area contributed by atoms with Crippen molar-refractivity contribution in [3.63, 3.8) is 0 Å². The molecule has 0 radical (unpaired) electrons. The van der Waals surface area contributed by atoms with E-state index in [9.17, 15) is 4.79 Å². The van der Waals surface area contributed by atoms with Crippen molar-refractivity contribution < 1.29 is 14.3 Å². The van der Waals surface area contributed by atoms with Crippen LogP contribution in [0.25, 0.3) is 0 Å². The van der Waals surface area contributed by atoms with Crippen molar-refractivity contribution in [2.45, 2.75) is 36.3 Å². The molecule has 0 fully saturated rings. The van der Waals surface area contributed by atoms with Gasteiger partial charge in [-0.15, -0.1) is 11.8 Å². The van der Waals surface area contributed by atoms with Gasteiger partial charge >= 0.3 is 0 Å². The summed E-state index contributed by atoms with van der Waals surface area (Å²) in [5.74, 6) is 6.55. The quantitative estimate of drug-likeness (QED) is 0.377. The van der Waals surface area contributed by atoms with Crippen molar-refractivity contribution in [2.75, 3.05) is 13.2 Å². The molecule has 1 unspecified atom stereocenters. The van der Waals surface area contributed by atoms with Gasteiger partial charge in [-0.25, -0.2) is 5.84 Å². The topological polar surface area (TPSA) is 73.6 Å². The van der Waals surface area contributed by atoms with Crippen LogP contribution in [0.1, 0.15) is 26.2 Å². The average molecular weight is 296 g/mol. The highest BCUT2D eigenvalue weighted by Gasteiger charge is 2.13. The molecule has 1 heterocycles. The second kappa shape index (κ2) is 7.40.